The van der Waals surface area contributed by atoms with E-state index in [9.17, 15) is 0 Å². The van der Waals surface area contributed by atoms with Crippen LogP contribution in [0, 0.1) is 0 Å². The molecule has 0 aliphatic heterocycles. The first kappa shape index (κ1) is 10.1. The second-order valence-electron chi connectivity index (χ2n) is 4.20. The zero-order chi connectivity index (χ0) is 9.97. The Morgan fingerprint density at radius 2 is 2.21 bits per heavy atom. The van der Waals surface area contributed by atoms with Crippen LogP contribution >= 0.6 is 11.3 Å². The molecule has 1 N–H and O–H groups in total. The third-order valence-electron chi connectivity index (χ3n) is 2.60. The molecule has 1 aromatic rings. The topological polar surface area (TPSA) is 37.8 Å². The fourth-order valence-electron chi connectivity index (χ4n) is 1.45. The van der Waals surface area contributed by atoms with Gasteiger partial charge in [-0.05, 0) is 12.8 Å². The summed E-state index contributed by atoms with van der Waals surface area (Å²) in [5, 5.41) is 14.2. The second-order valence-corrected chi connectivity index (χ2v) is 5.29. The number of aromatic nitrogens is 2. The maximum atomic E-state index is 4.24. The minimum Gasteiger partial charge on any atom is -0.308 e. The zero-order valence-corrected chi connectivity index (χ0v) is 9.60. The third kappa shape index (κ3) is 2.30. The van der Waals surface area contributed by atoms with Crippen LogP contribution in [0.4, 0.5) is 0 Å². The van der Waals surface area contributed by atoms with Gasteiger partial charge < -0.3 is 5.32 Å². The molecule has 1 aliphatic rings. The highest BCUT2D eigenvalue weighted by atomic mass is 32.1. The largest absolute Gasteiger partial charge is 0.308 e. The van der Waals surface area contributed by atoms with Crippen molar-refractivity contribution >= 4 is 11.3 Å². The Morgan fingerprint density at radius 1 is 1.43 bits per heavy atom. The molecule has 0 spiro atoms. The Kier molecular flexibility index (Phi) is 3.13. The lowest BCUT2D eigenvalue weighted by Crippen LogP contribution is -2.21. The van der Waals surface area contributed by atoms with Gasteiger partial charge in [0.15, 0.2) is 0 Å². The Bertz CT molecular complexity index is 291. The van der Waals surface area contributed by atoms with E-state index >= 15 is 0 Å². The molecule has 0 unspecified atom stereocenters. The fraction of sp³-hybridized carbons (Fsp3) is 0.800. The molecule has 4 heteroatoms. The van der Waals surface area contributed by atoms with Crippen LogP contribution in [-0.4, -0.2) is 16.2 Å². The minimum atomic E-state index is 0.519. The van der Waals surface area contributed by atoms with E-state index in [-0.39, 0.29) is 0 Å². The van der Waals surface area contributed by atoms with E-state index in [0.29, 0.717) is 6.04 Å². The van der Waals surface area contributed by atoms with Gasteiger partial charge in [0.2, 0.25) is 0 Å². The molecule has 0 radical (unpaired) electrons. The predicted octanol–water partition coefficient (Wildman–Crippen LogP) is 2.30. The molecular formula is C10H17N3S. The van der Waals surface area contributed by atoms with Crippen molar-refractivity contribution < 1.29 is 0 Å². The SMILES string of the molecule is CC(C)NCc1nnc(C2CCC2)s1. The number of rotatable bonds is 4. The number of nitrogens with one attached hydrogen (secondary N) is 1. The summed E-state index contributed by atoms with van der Waals surface area (Å²) in [6, 6.07) is 0.519. The molecule has 0 atom stereocenters. The van der Waals surface area contributed by atoms with Crippen LogP contribution in [0.2, 0.25) is 0 Å². The van der Waals surface area contributed by atoms with E-state index < -0.39 is 0 Å². The van der Waals surface area contributed by atoms with Crippen molar-refractivity contribution in [2.75, 3.05) is 0 Å². The van der Waals surface area contributed by atoms with Gasteiger partial charge in [-0.2, -0.15) is 0 Å². The molecule has 0 saturated heterocycles. The lowest BCUT2D eigenvalue weighted by atomic mass is 9.86. The van der Waals surface area contributed by atoms with Crippen LogP contribution in [-0.2, 0) is 6.54 Å². The Labute approximate surface area is 88.9 Å². The number of nitrogens with zero attached hydrogens (tertiary/aromatic N) is 2. The molecule has 2 rings (SSSR count). The molecule has 14 heavy (non-hydrogen) atoms. The maximum absolute atomic E-state index is 4.24. The number of hydrogen-bond donors (Lipinski definition) is 1. The van der Waals surface area contributed by atoms with Gasteiger partial charge in [-0.3, -0.25) is 0 Å². The molecule has 0 bridgehead atoms. The summed E-state index contributed by atoms with van der Waals surface area (Å²) in [4.78, 5) is 0. The van der Waals surface area contributed by atoms with Crippen molar-refractivity contribution in [2.45, 2.75) is 51.6 Å². The third-order valence-corrected chi connectivity index (χ3v) is 3.68. The zero-order valence-electron chi connectivity index (χ0n) is 8.79. The first-order valence-electron chi connectivity index (χ1n) is 5.31. The monoisotopic (exact) mass is 211 g/mol. The summed E-state index contributed by atoms with van der Waals surface area (Å²) in [5.74, 6) is 0.722. The second kappa shape index (κ2) is 4.36. The van der Waals surface area contributed by atoms with Crippen LogP contribution < -0.4 is 5.32 Å². The van der Waals surface area contributed by atoms with Crippen LogP contribution in [0.25, 0.3) is 0 Å². The first-order chi connectivity index (χ1) is 6.75. The Morgan fingerprint density at radius 3 is 2.79 bits per heavy atom. The molecule has 1 aliphatic carbocycles. The summed E-state index contributed by atoms with van der Waals surface area (Å²) in [5.41, 5.74) is 0. The van der Waals surface area contributed by atoms with E-state index in [1.807, 2.05) is 0 Å². The van der Waals surface area contributed by atoms with Crippen molar-refractivity contribution in [3.05, 3.63) is 10.0 Å². The van der Waals surface area contributed by atoms with Gasteiger partial charge in [-0.1, -0.05) is 31.6 Å². The summed E-state index contributed by atoms with van der Waals surface area (Å²) < 4.78 is 0. The average Bonchev–Trinajstić information content (AvgIpc) is 2.46. The number of hydrogen-bond acceptors (Lipinski definition) is 4. The van der Waals surface area contributed by atoms with E-state index in [2.05, 4.69) is 29.4 Å². The summed E-state index contributed by atoms with van der Waals surface area (Å²) in [6.07, 6.45) is 3.99. The lowest BCUT2D eigenvalue weighted by Gasteiger charge is -2.21. The van der Waals surface area contributed by atoms with Crippen LogP contribution in [0.1, 0.15) is 49.0 Å². The van der Waals surface area contributed by atoms with Gasteiger partial charge in [-0.15, -0.1) is 10.2 Å². The van der Waals surface area contributed by atoms with Gasteiger partial charge in [0, 0.05) is 18.5 Å². The van der Waals surface area contributed by atoms with Gasteiger partial charge >= 0.3 is 0 Å². The Hall–Kier alpha value is -0.480. The van der Waals surface area contributed by atoms with Gasteiger partial charge in [0.1, 0.15) is 10.0 Å². The normalized spacial score (nSPS) is 17.4. The molecule has 0 amide bonds. The standard InChI is InChI=1S/C10H17N3S/c1-7(2)11-6-9-12-13-10(14-9)8-4-3-5-8/h7-8,11H,3-6H2,1-2H3. The predicted molar refractivity (Wildman–Crippen MR) is 58.5 cm³/mol. The van der Waals surface area contributed by atoms with Crippen molar-refractivity contribution in [1.29, 1.82) is 0 Å². The van der Waals surface area contributed by atoms with Crippen LogP contribution in [0.3, 0.4) is 0 Å². The first-order valence-corrected chi connectivity index (χ1v) is 6.13. The molecule has 3 nitrogen and oxygen atoms in total. The van der Waals surface area contributed by atoms with Gasteiger partial charge in [0.25, 0.3) is 0 Å². The van der Waals surface area contributed by atoms with Gasteiger partial charge in [-0.25, -0.2) is 0 Å². The molecule has 1 saturated carbocycles. The van der Waals surface area contributed by atoms with Crippen molar-refractivity contribution in [1.82, 2.24) is 15.5 Å². The van der Waals surface area contributed by atoms with Crippen LogP contribution in [0.5, 0.6) is 0 Å². The molecule has 1 heterocycles. The maximum Gasteiger partial charge on any atom is 0.131 e. The highest BCUT2D eigenvalue weighted by Gasteiger charge is 2.23. The van der Waals surface area contributed by atoms with Crippen molar-refractivity contribution in [3.8, 4) is 0 Å². The minimum absolute atomic E-state index is 0.519. The lowest BCUT2D eigenvalue weighted by molar-refractivity contribution is 0.416. The Balaban J connectivity index is 1.89. The van der Waals surface area contributed by atoms with Crippen molar-refractivity contribution in [3.63, 3.8) is 0 Å². The van der Waals surface area contributed by atoms with E-state index in [0.717, 1.165) is 17.5 Å². The fourth-order valence-corrected chi connectivity index (χ4v) is 2.41. The summed E-state index contributed by atoms with van der Waals surface area (Å²) in [6.45, 7) is 5.16. The highest BCUT2D eigenvalue weighted by molar-refractivity contribution is 7.11. The van der Waals surface area contributed by atoms with Crippen molar-refractivity contribution in [2.24, 2.45) is 0 Å². The molecule has 78 valence electrons. The summed E-state index contributed by atoms with van der Waals surface area (Å²) in [7, 11) is 0. The molecule has 1 fully saturated rings. The van der Waals surface area contributed by atoms with E-state index in [4.69, 9.17) is 0 Å². The summed E-state index contributed by atoms with van der Waals surface area (Å²) >= 11 is 1.77. The molecule has 1 aromatic heterocycles. The van der Waals surface area contributed by atoms with Gasteiger partial charge in [0.05, 0.1) is 0 Å². The smallest absolute Gasteiger partial charge is 0.131 e. The molecular weight excluding hydrogens is 194 g/mol. The quantitative estimate of drug-likeness (QED) is 0.830. The highest BCUT2D eigenvalue weighted by Crippen LogP contribution is 2.37. The van der Waals surface area contributed by atoms with E-state index in [1.165, 1.54) is 24.3 Å². The average molecular weight is 211 g/mol. The van der Waals surface area contributed by atoms with Crippen LogP contribution in [0.15, 0.2) is 0 Å². The van der Waals surface area contributed by atoms with E-state index in [1.54, 1.807) is 11.3 Å². The molecule has 0 aromatic carbocycles.